The van der Waals surface area contributed by atoms with Gasteiger partial charge < -0.3 is 14.6 Å². The molecule has 2 aliphatic heterocycles. The molecule has 4 aromatic rings. The van der Waals surface area contributed by atoms with Gasteiger partial charge in [-0.25, -0.2) is 4.98 Å². The summed E-state index contributed by atoms with van der Waals surface area (Å²) in [5, 5.41) is 2.82. The smallest absolute Gasteiger partial charge is 0.228 e. The van der Waals surface area contributed by atoms with Crippen molar-refractivity contribution in [2.75, 3.05) is 37.7 Å². The molecule has 1 N–H and O–H groups in total. The van der Waals surface area contributed by atoms with E-state index in [-0.39, 0.29) is 11.8 Å². The average Bonchev–Trinajstić information content (AvgIpc) is 3.42. The number of nitrogens with zero attached hydrogens (tertiary/aromatic N) is 4. The third-order valence-corrected chi connectivity index (χ3v) is 8.94. The van der Waals surface area contributed by atoms with Gasteiger partial charge in [0.15, 0.2) is 0 Å². The first-order valence-electron chi connectivity index (χ1n) is 13.1. The van der Waals surface area contributed by atoms with Crippen LogP contribution >= 0.6 is 11.6 Å². The fourth-order valence-electron chi connectivity index (χ4n) is 5.91. The number of nitrogens with one attached hydrogen (secondary N) is 1. The van der Waals surface area contributed by atoms with E-state index < -0.39 is 10.3 Å². The molecule has 0 aliphatic carbocycles. The van der Waals surface area contributed by atoms with Gasteiger partial charge in [0.05, 0.1) is 18.3 Å². The number of anilines is 1. The molecule has 8 nitrogen and oxygen atoms in total. The Bertz CT molecular complexity index is 1570. The van der Waals surface area contributed by atoms with Crippen LogP contribution in [0.5, 0.6) is 5.75 Å². The van der Waals surface area contributed by atoms with Crippen molar-refractivity contribution in [2.24, 2.45) is 11.8 Å². The number of benzene rings is 1. The van der Waals surface area contributed by atoms with Gasteiger partial charge in [-0.05, 0) is 62.1 Å². The number of hydrogen-bond acceptors (Lipinski definition) is 6. The van der Waals surface area contributed by atoms with Crippen LogP contribution in [0.15, 0.2) is 55.0 Å². The van der Waals surface area contributed by atoms with Crippen LogP contribution < -0.4 is 9.64 Å². The summed E-state index contributed by atoms with van der Waals surface area (Å²) in [5.74, 6) is 1.08. The molecule has 3 aromatic heterocycles. The number of H-pyrrole nitrogens is 1. The summed E-state index contributed by atoms with van der Waals surface area (Å²) in [5.41, 5.74) is 2.84. The Hall–Kier alpha value is -3.14. The Labute approximate surface area is 228 Å². The lowest BCUT2D eigenvalue weighted by atomic mass is 9.92. The van der Waals surface area contributed by atoms with Gasteiger partial charge in [0.1, 0.15) is 16.4 Å². The summed E-state index contributed by atoms with van der Waals surface area (Å²) in [7, 11) is -2.25. The van der Waals surface area contributed by atoms with E-state index >= 15 is 0 Å². The van der Waals surface area contributed by atoms with Crippen molar-refractivity contribution < 1.29 is 13.2 Å². The minimum absolute atomic E-state index is 0.0163. The monoisotopic (exact) mass is 551 g/mol. The third-order valence-electron chi connectivity index (χ3n) is 7.75. The quantitative estimate of drug-likeness (QED) is 0.357. The molecule has 0 saturated carbocycles. The molecule has 2 aliphatic rings. The van der Waals surface area contributed by atoms with E-state index in [1.165, 1.54) is 0 Å². The molecule has 0 bridgehead atoms. The first kappa shape index (κ1) is 25.2. The summed E-state index contributed by atoms with van der Waals surface area (Å²) in [6, 6.07) is 11.5. The zero-order chi connectivity index (χ0) is 26.1. The van der Waals surface area contributed by atoms with E-state index in [0.29, 0.717) is 23.2 Å². The average molecular weight is 552 g/mol. The fourth-order valence-corrected chi connectivity index (χ4v) is 6.92. The van der Waals surface area contributed by atoms with Crippen molar-refractivity contribution in [3.8, 4) is 5.75 Å². The topological polar surface area (TPSA) is 91.4 Å². The van der Waals surface area contributed by atoms with Gasteiger partial charge in [-0.1, -0.05) is 11.6 Å². The Morgan fingerprint density at radius 2 is 1.87 bits per heavy atom. The van der Waals surface area contributed by atoms with Crippen molar-refractivity contribution in [3.05, 3.63) is 60.0 Å². The lowest BCUT2D eigenvalue weighted by molar-refractivity contribution is 0.172. The number of halogens is 1. The second-order valence-electron chi connectivity index (χ2n) is 10.1. The predicted octanol–water partition coefficient (Wildman–Crippen LogP) is 4.78. The molecule has 0 amide bonds. The maximum atomic E-state index is 12.5. The lowest BCUT2D eigenvalue weighted by Crippen LogP contribution is -2.47. The van der Waals surface area contributed by atoms with E-state index in [0.717, 1.165) is 78.7 Å². The molecule has 5 heterocycles. The lowest BCUT2D eigenvalue weighted by Gasteiger charge is -2.39. The van der Waals surface area contributed by atoms with Crippen LogP contribution in [0.2, 0.25) is 5.02 Å². The molecule has 38 heavy (non-hydrogen) atoms. The number of pyridine rings is 2. The number of piperidine rings is 2. The summed E-state index contributed by atoms with van der Waals surface area (Å²) in [6.45, 7) is 3.61. The standard InChI is InChI=1S/C28H30ClN5O3S/c29-21-3-5-22(6-4-21)37-18-19-2-1-13-34(17-19)28(38(35)36)20-9-14-33(15-10-20)25-8-12-30-24-16-32-27-23(26(24)25)7-11-31-27/h3-8,11-12,16,19-20H,1-2,9-10,13-15,17-18H2,(H,31,32). The molecular formula is C28H30ClN5O3S. The van der Waals surface area contributed by atoms with E-state index in [1.807, 2.05) is 42.7 Å². The number of rotatable bonds is 5. The third kappa shape index (κ3) is 5.10. The number of likely N-dealkylation sites (tertiary alicyclic amines) is 1. The molecule has 6 rings (SSSR count). The van der Waals surface area contributed by atoms with Crippen molar-refractivity contribution >= 4 is 54.5 Å². The Morgan fingerprint density at radius 1 is 1.05 bits per heavy atom. The number of aromatic amines is 1. The zero-order valence-electron chi connectivity index (χ0n) is 21.0. The van der Waals surface area contributed by atoms with Gasteiger partial charge in [0.2, 0.25) is 10.3 Å². The minimum Gasteiger partial charge on any atom is -0.493 e. The maximum Gasteiger partial charge on any atom is 0.228 e. The molecule has 10 heteroatoms. The second-order valence-corrected chi connectivity index (χ2v) is 11.5. The van der Waals surface area contributed by atoms with Crippen LogP contribution in [0, 0.1) is 11.8 Å². The van der Waals surface area contributed by atoms with Gasteiger partial charge in [-0.3, -0.25) is 9.88 Å². The Morgan fingerprint density at radius 3 is 2.66 bits per heavy atom. The molecule has 0 spiro atoms. The number of ether oxygens (including phenoxy) is 1. The number of hydrogen-bond donors (Lipinski definition) is 1. The highest BCUT2D eigenvalue weighted by atomic mass is 35.5. The van der Waals surface area contributed by atoms with E-state index in [1.54, 1.807) is 6.20 Å². The highest BCUT2D eigenvalue weighted by Crippen LogP contribution is 2.34. The van der Waals surface area contributed by atoms with Crippen LogP contribution in [-0.2, 0) is 10.3 Å². The van der Waals surface area contributed by atoms with Gasteiger partial charge in [0, 0.05) is 71.9 Å². The summed E-state index contributed by atoms with van der Waals surface area (Å²) >= 11 is 5.97. The Balaban J connectivity index is 1.14. The minimum atomic E-state index is -2.25. The molecule has 2 fully saturated rings. The number of fused-ring (bicyclic) bond motifs is 3. The van der Waals surface area contributed by atoms with E-state index in [2.05, 4.69) is 30.8 Å². The molecular weight excluding hydrogens is 522 g/mol. The van der Waals surface area contributed by atoms with E-state index in [4.69, 9.17) is 16.3 Å². The van der Waals surface area contributed by atoms with Crippen LogP contribution in [0.25, 0.3) is 21.9 Å². The van der Waals surface area contributed by atoms with Crippen molar-refractivity contribution in [3.63, 3.8) is 0 Å². The highest BCUT2D eigenvalue weighted by Gasteiger charge is 2.32. The van der Waals surface area contributed by atoms with Gasteiger partial charge in [0.25, 0.3) is 0 Å². The van der Waals surface area contributed by atoms with E-state index in [9.17, 15) is 8.42 Å². The molecule has 2 saturated heterocycles. The zero-order valence-corrected chi connectivity index (χ0v) is 22.6. The summed E-state index contributed by atoms with van der Waals surface area (Å²) in [6.07, 6.45) is 9.09. The van der Waals surface area contributed by atoms with Crippen molar-refractivity contribution in [1.82, 2.24) is 19.9 Å². The SMILES string of the molecule is O=S(=O)=C(C1CCN(c2ccnc3cnc4[nH]ccc4c23)CC1)N1CCCC(COc2ccc(Cl)cc2)C1. The molecule has 1 unspecified atom stereocenters. The van der Waals surface area contributed by atoms with Crippen LogP contribution in [0.1, 0.15) is 25.7 Å². The molecule has 0 radical (unpaired) electrons. The maximum absolute atomic E-state index is 12.5. The summed E-state index contributed by atoms with van der Waals surface area (Å²) in [4.78, 5) is 17.2. The first-order chi connectivity index (χ1) is 18.6. The Kier molecular flexibility index (Phi) is 7.23. The van der Waals surface area contributed by atoms with Gasteiger partial charge in [-0.15, -0.1) is 0 Å². The fraction of sp³-hybridized carbons (Fsp3) is 0.393. The van der Waals surface area contributed by atoms with Gasteiger partial charge >= 0.3 is 0 Å². The molecule has 1 aromatic carbocycles. The second kappa shape index (κ2) is 10.9. The van der Waals surface area contributed by atoms with Crippen LogP contribution in [-0.4, -0.2) is 66.0 Å². The van der Waals surface area contributed by atoms with Crippen LogP contribution in [0.3, 0.4) is 0 Å². The summed E-state index contributed by atoms with van der Waals surface area (Å²) < 4.78 is 31.0. The first-order valence-corrected chi connectivity index (χ1v) is 14.6. The largest absolute Gasteiger partial charge is 0.493 e. The number of aromatic nitrogens is 3. The van der Waals surface area contributed by atoms with Crippen molar-refractivity contribution in [2.45, 2.75) is 25.7 Å². The highest BCUT2D eigenvalue weighted by molar-refractivity contribution is 7.72. The van der Waals surface area contributed by atoms with Gasteiger partial charge in [-0.2, -0.15) is 8.42 Å². The normalized spacial score (nSPS) is 19.2. The predicted molar refractivity (Wildman–Crippen MR) is 152 cm³/mol. The molecule has 198 valence electrons. The van der Waals surface area contributed by atoms with Crippen molar-refractivity contribution in [1.29, 1.82) is 0 Å². The van der Waals surface area contributed by atoms with Crippen LogP contribution in [0.4, 0.5) is 5.69 Å². The molecule has 1 atom stereocenters.